The molecule has 5 heteroatoms. The molecule has 1 saturated heterocycles. The Balaban J connectivity index is 2.02. The molecule has 1 heterocycles. The van der Waals surface area contributed by atoms with E-state index in [0.717, 1.165) is 24.4 Å². The van der Waals surface area contributed by atoms with E-state index in [2.05, 4.69) is 10.2 Å². The number of aliphatic hydroxyl groups excluding tert-OH is 1. The maximum absolute atomic E-state index is 11.8. The predicted octanol–water partition coefficient (Wildman–Crippen LogP) is 0.481. The highest BCUT2D eigenvalue weighted by Gasteiger charge is 2.36. The van der Waals surface area contributed by atoms with Gasteiger partial charge < -0.3 is 15.2 Å². The number of benzene rings is 1. The lowest BCUT2D eigenvalue weighted by Crippen LogP contribution is -2.33. The van der Waals surface area contributed by atoms with Crippen LogP contribution in [0.3, 0.4) is 0 Å². The molecule has 5 nitrogen and oxygen atoms in total. The zero-order chi connectivity index (χ0) is 14.5. The van der Waals surface area contributed by atoms with Gasteiger partial charge >= 0.3 is 0 Å². The van der Waals surface area contributed by atoms with Gasteiger partial charge in [-0.25, -0.2) is 0 Å². The van der Waals surface area contributed by atoms with Crippen molar-refractivity contribution in [3.8, 4) is 5.75 Å². The summed E-state index contributed by atoms with van der Waals surface area (Å²) in [6.07, 6.45) is 0. The Bertz CT molecular complexity index is 464. The average Bonchev–Trinajstić information content (AvgIpc) is 2.89. The van der Waals surface area contributed by atoms with Gasteiger partial charge in [-0.2, -0.15) is 0 Å². The zero-order valence-corrected chi connectivity index (χ0v) is 12.0. The molecule has 1 aromatic rings. The molecule has 0 radical (unpaired) electrons. The Morgan fingerprint density at radius 1 is 1.50 bits per heavy atom. The molecule has 0 unspecified atom stereocenters. The van der Waals surface area contributed by atoms with Crippen molar-refractivity contribution >= 4 is 5.91 Å². The van der Waals surface area contributed by atoms with E-state index in [9.17, 15) is 9.90 Å². The molecule has 1 aliphatic rings. The molecule has 1 fully saturated rings. The lowest BCUT2D eigenvalue weighted by molar-refractivity contribution is -0.125. The molecular formula is C15H22N2O3. The van der Waals surface area contributed by atoms with E-state index in [-0.39, 0.29) is 24.3 Å². The van der Waals surface area contributed by atoms with Crippen LogP contribution in [-0.4, -0.2) is 49.8 Å². The van der Waals surface area contributed by atoms with Gasteiger partial charge in [-0.1, -0.05) is 12.1 Å². The highest BCUT2D eigenvalue weighted by atomic mass is 16.5. The number of likely N-dealkylation sites (tertiary alicyclic amines) is 1. The van der Waals surface area contributed by atoms with Crippen molar-refractivity contribution in [3.63, 3.8) is 0 Å². The van der Waals surface area contributed by atoms with Crippen LogP contribution < -0.4 is 10.1 Å². The fourth-order valence-corrected chi connectivity index (χ4v) is 2.79. The van der Waals surface area contributed by atoms with Crippen LogP contribution in [0.25, 0.3) is 0 Å². The van der Waals surface area contributed by atoms with E-state index >= 15 is 0 Å². The smallest absolute Gasteiger partial charge is 0.224 e. The number of hydrogen-bond donors (Lipinski definition) is 2. The standard InChI is InChI=1S/C15H22N2O3/c1-16-15(19)14-9-17(8-12(14)10-18)7-11-4-3-5-13(6-11)20-2/h3-6,12,14,18H,7-10H2,1-2H3,(H,16,19)/t12-,14+/m0/s1. The zero-order valence-electron chi connectivity index (χ0n) is 12.0. The van der Waals surface area contributed by atoms with Crippen LogP contribution >= 0.6 is 0 Å². The lowest BCUT2D eigenvalue weighted by atomic mass is 9.96. The van der Waals surface area contributed by atoms with E-state index in [0.29, 0.717) is 6.54 Å². The van der Waals surface area contributed by atoms with Crippen molar-refractivity contribution in [1.82, 2.24) is 10.2 Å². The van der Waals surface area contributed by atoms with Crippen LogP contribution in [0.2, 0.25) is 0 Å². The molecule has 2 atom stereocenters. The van der Waals surface area contributed by atoms with Gasteiger partial charge in [0.2, 0.25) is 5.91 Å². The van der Waals surface area contributed by atoms with Crippen LogP contribution in [0, 0.1) is 11.8 Å². The van der Waals surface area contributed by atoms with Gasteiger partial charge in [0.05, 0.1) is 13.0 Å². The summed E-state index contributed by atoms with van der Waals surface area (Å²) in [6.45, 7) is 2.24. The Morgan fingerprint density at radius 3 is 2.95 bits per heavy atom. The van der Waals surface area contributed by atoms with Gasteiger partial charge in [0.15, 0.2) is 0 Å². The average molecular weight is 278 g/mol. The maximum atomic E-state index is 11.8. The quantitative estimate of drug-likeness (QED) is 0.822. The molecule has 110 valence electrons. The van der Waals surface area contributed by atoms with Crippen molar-refractivity contribution in [1.29, 1.82) is 0 Å². The molecule has 2 N–H and O–H groups in total. The number of methoxy groups -OCH3 is 1. The van der Waals surface area contributed by atoms with Crippen molar-refractivity contribution < 1.29 is 14.6 Å². The Hall–Kier alpha value is -1.59. The molecular weight excluding hydrogens is 256 g/mol. The third-order valence-electron chi connectivity index (χ3n) is 3.87. The maximum Gasteiger partial charge on any atom is 0.224 e. The van der Waals surface area contributed by atoms with Gasteiger partial charge in [-0.05, 0) is 17.7 Å². The fraction of sp³-hybridized carbons (Fsp3) is 0.533. The van der Waals surface area contributed by atoms with Gasteiger partial charge in [0, 0.05) is 39.2 Å². The molecule has 0 saturated carbocycles. The summed E-state index contributed by atoms with van der Waals surface area (Å²) in [6, 6.07) is 7.92. The molecule has 0 aliphatic carbocycles. The number of amides is 1. The van der Waals surface area contributed by atoms with Crippen molar-refractivity contribution in [3.05, 3.63) is 29.8 Å². The summed E-state index contributed by atoms with van der Waals surface area (Å²) in [5, 5.41) is 12.1. The first-order valence-electron chi connectivity index (χ1n) is 6.85. The minimum absolute atomic E-state index is 0.0113. The highest BCUT2D eigenvalue weighted by Crippen LogP contribution is 2.25. The van der Waals surface area contributed by atoms with Crippen molar-refractivity contribution in [2.45, 2.75) is 6.54 Å². The Labute approximate surface area is 119 Å². The number of nitrogens with zero attached hydrogens (tertiary/aromatic N) is 1. The molecule has 20 heavy (non-hydrogen) atoms. The van der Waals surface area contributed by atoms with Crippen molar-refractivity contribution in [2.75, 3.05) is 33.9 Å². The Morgan fingerprint density at radius 2 is 2.30 bits per heavy atom. The minimum atomic E-state index is -0.129. The monoisotopic (exact) mass is 278 g/mol. The second-order valence-corrected chi connectivity index (χ2v) is 5.21. The molecule has 0 bridgehead atoms. The third-order valence-corrected chi connectivity index (χ3v) is 3.87. The number of ether oxygens (including phenoxy) is 1. The van der Waals surface area contributed by atoms with Gasteiger partial charge in [0.1, 0.15) is 5.75 Å². The first-order chi connectivity index (χ1) is 9.67. The summed E-state index contributed by atoms with van der Waals surface area (Å²) in [5.74, 6) is 0.733. The SMILES string of the molecule is CNC(=O)[C@@H]1CN(Cc2cccc(OC)c2)C[C@H]1CO. The normalized spacial score (nSPS) is 22.8. The second kappa shape index (κ2) is 6.72. The largest absolute Gasteiger partial charge is 0.497 e. The summed E-state index contributed by atoms with van der Waals surface area (Å²) >= 11 is 0. The van der Waals surface area contributed by atoms with Crippen LogP contribution in [0.1, 0.15) is 5.56 Å². The first kappa shape index (κ1) is 14.8. The number of carbonyl (C=O) groups is 1. The van der Waals surface area contributed by atoms with Crippen molar-refractivity contribution in [2.24, 2.45) is 11.8 Å². The van der Waals surface area contributed by atoms with E-state index in [1.807, 2.05) is 24.3 Å². The second-order valence-electron chi connectivity index (χ2n) is 5.21. The number of aliphatic hydroxyl groups is 1. The number of nitrogens with one attached hydrogen (secondary N) is 1. The first-order valence-corrected chi connectivity index (χ1v) is 6.85. The van der Waals surface area contributed by atoms with Gasteiger partial charge in [0.25, 0.3) is 0 Å². The minimum Gasteiger partial charge on any atom is -0.497 e. The molecule has 1 aliphatic heterocycles. The van der Waals surface area contributed by atoms with Crippen LogP contribution in [0.15, 0.2) is 24.3 Å². The van der Waals surface area contributed by atoms with Gasteiger partial charge in [-0.15, -0.1) is 0 Å². The summed E-state index contributed by atoms with van der Waals surface area (Å²) in [5.41, 5.74) is 1.15. The number of hydrogen-bond acceptors (Lipinski definition) is 4. The topological polar surface area (TPSA) is 61.8 Å². The Kier molecular flexibility index (Phi) is 4.98. The lowest BCUT2D eigenvalue weighted by Gasteiger charge is -2.16. The van der Waals surface area contributed by atoms with E-state index in [4.69, 9.17) is 4.74 Å². The highest BCUT2D eigenvalue weighted by molar-refractivity contribution is 5.79. The van der Waals surface area contributed by atoms with Crippen LogP contribution in [-0.2, 0) is 11.3 Å². The number of carbonyl (C=O) groups excluding carboxylic acids is 1. The summed E-state index contributed by atoms with van der Waals surface area (Å²) < 4.78 is 5.22. The molecule has 0 spiro atoms. The number of rotatable bonds is 5. The van der Waals surface area contributed by atoms with E-state index in [1.165, 1.54) is 0 Å². The molecule has 0 aromatic heterocycles. The van der Waals surface area contributed by atoms with E-state index < -0.39 is 0 Å². The van der Waals surface area contributed by atoms with Gasteiger partial charge in [-0.3, -0.25) is 9.69 Å². The molecule has 1 amide bonds. The summed E-state index contributed by atoms with van der Waals surface area (Å²) in [7, 11) is 3.29. The summed E-state index contributed by atoms with van der Waals surface area (Å²) in [4.78, 5) is 14.0. The molecule has 1 aromatic carbocycles. The van der Waals surface area contributed by atoms with Crippen LogP contribution in [0.4, 0.5) is 0 Å². The third kappa shape index (κ3) is 3.29. The molecule has 2 rings (SSSR count). The van der Waals surface area contributed by atoms with Crippen LogP contribution in [0.5, 0.6) is 5.75 Å². The fourth-order valence-electron chi connectivity index (χ4n) is 2.79. The van der Waals surface area contributed by atoms with E-state index in [1.54, 1.807) is 14.2 Å². The predicted molar refractivity (Wildman–Crippen MR) is 76.4 cm³/mol.